The first kappa shape index (κ1) is 14.4. The number of benzene rings is 1. The van der Waals surface area contributed by atoms with E-state index in [9.17, 15) is 13.2 Å². The van der Waals surface area contributed by atoms with Gasteiger partial charge in [0.25, 0.3) is 0 Å². The van der Waals surface area contributed by atoms with Crippen LogP contribution < -0.4 is 4.72 Å². The van der Waals surface area contributed by atoms with Crippen molar-refractivity contribution in [1.29, 1.82) is 0 Å². The molecule has 2 aromatic rings. The van der Waals surface area contributed by atoms with Crippen molar-refractivity contribution in [2.45, 2.75) is 17.7 Å². The quantitative estimate of drug-likeness (QED) is 0.785. The number of nitrogens with one attached hydrogen (secondary N) is 1. The van der Waals surface area contributed by atoms with Gasteiger partial charge in [0.05, 0.1) is 4.90 Å². The van der Waals surface area contributed by atoms with Gasteiger partial charge in [-0.2, -0.15) is 0 Å². The number of hydrogen-bond donors (Lipinski definition) is 2. The number of sulfonamides is 1. The fraction of sp³-hybridized carbons (Fsp3) is 0.231. The van der Waals surface area contributed by atoms with Gasteiger partial charge >= 0.3 is 5.97 Å². The van der Waals surface area contributed by atoms with Crippen LogP contribution in [0.15, 0.2) is 41.6 Å². The molecule has 1 aromatic heterocycles. The molecule has 0 radical (unpaired) electrons. The second-order valence-corrected chi connectivity index (χ2v) is 5.98. The minimum Gasteiger partial charge on any atom is -0.481 e. The molecular formula is C13H14N2O4S. The average Bonchev–Trinajstić information content (AvgIpc) is 2.43. The number of carboxylic acids is 1. The highest BCUT2D eigenvalue weighted by Crippen LogP contribution is 2.21. The van der Waals surface area contributed by atoms with Gasteiger partial charge < -0.3 is 5.11 Å². The Kier molecular flexibility index (Phi) is 4.31. The highest BCUT2D eigenvalue weighted by atomic mass is 32.2. The second-order valence-electron chi connectivity index (χ2n) is 4.25. The first-order valence-corrected chi connectivity index (χ1v) is 7.53. The third kappa shape index (κ3) is 3.31. The maximum absolute atomic E-state index is 12.2. The van der Waals surface area contributed by atoms with E-state index in [1.54, 1.807) is 24.4 Å². The number of nitrogens with zero attached hydrogens (tertiary/aromatic N) is 1. The molecule has 2 rings (SSSR count). The van der Waals surface area contributed by atoms with Gasteiger partial charge in [0.15, 0.2) is 0 Å². The molecule has 1 aromatic carbocycles. The van der Waals surface area contributed by atoms with E-state index >= 15 is 0 Å². The number of aliphatic carboxylic acids is 1. The van der Waals surface area contributed by atoms with Crippen LogP contribution in [0.2, 0.25) is 0 Å². The van der Waals surface area contributed by atoms with Gasteiger partial charge in [0.1, 0.15) is 0 Å². The lowest BCUT2D eigenvalue weighted by atomic mass is 10.2. The van der Waals surface area contributed by atoms with Gasteiger partial charge in [0.2, 0.25) is 10.0 Å². The van der Waals surface area contributed by atoms with E-state index in [4.69, 9.17) is 5.11 Å². The van der Waals surface area contributed by atoms with Crippen LogP contribution in [-0.2, 0) is 14.8 Å². The number of carbonyl (C=O) groups is 1. The summed E-state index contributed by atoms with van der Waals surface area (Å²) < 4.78 is 26.8. The van der Waals surface area contributed by atoms with E-state index in [1.807, 2.05) is 0 Å². The summed E-state index contributed by atoms with van der Waals surface area (Å²) in [5.74, 6) is -0.944. The fourth-order valence-electron chi connectivity index (χ4n) is 1.85. The fourth-order valence-corrected chi connectivity index (χ4v) is 3.15. The minimum absolute atomic E-state index is 0.0675. The number of aromatic nitrogens is 1. The molecule has 0 aliphatic carbocycles. The average molecular weight is 294 g/mol. The van der Waals surface area contributed by atoms with E-state index in [0.29, 0.717) is 5.39 Å². The lowest BCUT2D eigenvalue weighted by Gasteiger charge is -2.08. The molecule has 7 heteroatoms. The van der Waals surface area contributed by atoms with Crippen molar-refractivity contribution in [3.05, 3.63) is 36.7 Å². The molecule has 1 heterocycles. The lowest BCUT2D eigenvalue weighted by Crippen LogP contribution is -2.25. The molecule has 0 fully saturated rings. The van der Waals surface area contributed by atoms with Crippen LogP contribution in [-0.4, -0.2) is 31.0 Å². The topological polar surface area (TPSA) is 96.4 Å². The van der Waals surface area contributed by atoms with Crippen molar-refractivity contribution in [1.82, 2.24) is 9.71 Å². The highest BCUT2D eigenvalue weighted by Gasteiger charge is 2.16. The number of rotatable bonds is 6. The van der Waals surface area contributed by atoms with E-state index < -0.39 is 16.0 Å². The summed E-state index contributed by atoms with van der Waals surface area (Å²) in [6, 6.07) is 6.59. The zero-order chi connectivity index (χ0) is 14.6. The van der Waals surface area contributed by atoms with E-state index in [2.05, 4.69) is 9.71 Å². The van der Waals surface area contributed by atoms with Crippen molar-refractivity contribution in [2.24, 2.45) is 0 Å². The highest BCUT2D eigenvalue weighted by molar-refractivity contribution is 7.89. The summed E-state index contributed by atoms with van der Waals surface area (Å²) >= 11 is 0. The summed E-state index contributed by atoms with van der Waals surface area (Å²) in [5.41, 5.74) is 0. The molecule has 0 bridgehead atoms. The zero-order valence-electron chi connectivity index (χ0n) is 10.6. The monoisotopic (exact) mass is 294 g/mol. The smallest absolute Gasteiger partial charge is 0.303 e. The standard InChI is InChI=1S/C13H14N2O4S/c16-13(17)5-2-7-15-20(18,19)12-4-1-3-10-9-14-8-6-11(10)12/h1,3-4,6,8-9,15H,2,5,7H2,(H,16,17). The van der Waals surface area contributed by atoms with E-state index in [-0.39, 0.29) is 24.3 Å². The van der Waals surface area contributed by atoms with Gasteiger partial charge in [-0.3, -0.25) is 9.78 Å². The van der Waals surface area contributed by atoms with Gasteiger partial charge in [-0.25, -0.2) is 13.1 Å². The SMILES string of the molecule is O=C(O)CCCNS(=O)(=O)c1cccc2cnccc12. The van der Waals surface area contributed by atoms with Gasteiger partial charge in [-0.1, -0.05) is 12.1 Å². The molecule has 2 N–H and O–H groups in total. The largest absolute Gasteiger partial charge is 0.481 e. The molecule has 6 nitrogen and oxygen atoms in total. The van der Waals surface area contributed by atoms with Gasteiger partial charge in [0, 0.05) is 36.1 Å². The van der Waals surface area contributed by atoms with Crippen molar-refractivity contribution >= 4 is 26.8 Å². The van der Waals surface area contributed by atoms with Crippen LogP contribution in [0.5, 0.6) is 0 Å². The Balaban J connectivity index is 2.21. The Hall–Kier alpha value is -1.99. The van der Waals surface area contributed by atoms with Crippen molar-refractivity contribution in [3.8, 4) is 0 Å². The molecular weight excluding hydrogens is 280 g/mol. The zero-order valence-corrected chi connectivity index (χ0v) is 11.4. The normalized spacial score (nSPS) is 11.6. The summed E-state index contributed by atoms with van der Waals surface area (Å²) in [6.07, 6.45) is 3.31. The molecule has 0 saturated heterocycles. The van der Waals surface area contributed by atoms with Crippen LogP contribution in [0.25, 0.3) is 10.8 Å². The Labute approximate surface area is 116 Å². The summed E-state index contributed by atoms with van der Waals surface area (Å²) in [5, 5.41) is 9.85. The third-order valence-electron chi connectivity index (χ3n) is 2.79. The van der Waals surface area contributed by atoms with Crippen LogP contribution in [0, 0.1) is 0 Å². The molecule has 20 heavy (non-hydrogen) atoms. The molecule has 0 saturated carbocycles. The lowest BCUT2D eigenvalue weighted by molar-refractivity contribution is -0.137. The number of carboxylic acid groups (broad SMARTS) is 1. The summed E-state index contributed by atoms with van der Waals surface area (Å²) in [6.45, 7) is 0.0934. The van der Waals surface area contributed by atoms with E-state index in [0.717, 1.165) is 5.39 Å². The summed E-state index contributed by atoms with van der Waals surface area (Å²) in [4.78, 5) is 14.5. The predicted molar refractivity (Wildman–Crippen MR) is 73.8 cm³/mol. The van der Waals surface area contributed by atoms with Crippen LogP contribution in [0.4, 0.5) is 0 Å². The molecule has 0 aliphatic heterocycles. The predicted octanol–water partition coefficient (Wildman–Crippen LogP) is 1.38. The van der Waals surface area contributed by atoms with Crippen LogP contribution >= 0.6 is 0 Å². The molecule has 106 valence electrons. The van der Waals surface area contributed by atoms with Crippen LogP contribution in [0.1, 0.15) is 12.8 Å². The first-order chi connectivity index (χ1) is 9.50. The van der Waals surface area contributed by atoms with Gasteiger partial charge in [-0.15, -0.1) is 0 Å². The Morgan fingerprint density at radius 2 is 2.10 bits per heavy atom. The number of fused-ring (bicyclic) bond motifs is 1. The molecule has 0 spiro atoms. The van der Waals surface area contributed by atoms with E-state index in [1.165, 1.54) is 12.3 Å². The maximum Gasteiger partial charge on any atom is 0.303 e. The molecule has 0 atom stereocenters. The molecule has 0 aliphatic rings. The maximum atomic E-state index is 12.2. The van der Waals surface area contributed by atoms with Crippen molar-refractivity contribution in [3.63, 3.8) is 0 Å². The van der Waals surface area contributed by atoms with Crippen molar-refractivity contribution < 1.29 is 18.3 Å². The number of pyridine rings is 1. The second kappa shape index (κ2) is 5.98. The first-order valence-electron chi connectivity index (χ1n) is 6.05. The molecule has 0 amide bonds. The Morgan fingerprint density at radius 3 is 2.85 bits per heavy atom. The molecule has 0 unspecified atom stereocenters. The minimum atomic E-state index is -3.66. The Morgan fingerprint density at radius 1 is 1.30 bits per heavy atom. The van der Waals surface area contributed by atoms with Gasteiger partial charge in [-0.05, 0) is 18.6 Å². The summed E-state index contributed by atoms with van der Waals surface area (Å²) in [7, 11) is -3.66. The van der Waals surface area contributed by atoms with Crippen molar-refractivity contribution in [2.75, 3.05) is 6.54 Å². The van der Waals surface area contributed by atoms with Crippen LogP contribution in [0.3, 0.4) is 0 Å². The Bertz CT molecular complexity index is 723. The number of hydrogen-bond acceptors (Lipinski definition) is 4. The third-order valence-corrected chi connectivity index (χ3v) is 4.31.